The smallest absolute Gasteiger partial charge is 0.416 e. The zero-order chi connectivity index (χ0) is 23.9. The number of aliphatic hydroxyl groups is 2. The standard InChI is InChI=1S/C19H15ClF4N2O5S/c1-25-15-4-3-12(7-14(15)21)31-17-8-26(9-18(17,28)10-27)32(29,30)16-5-2-11(6-13(16)20)19(22,23)24/h2-7,17,27-28H,8-10H2/t17-,18+/m0/s1. The van der Waals surface area contributed by atoms with Gasteiger partial charge in [-0.2, -0.15) is 17.5 Å². The van der Waals surface area contributed by atoms with Crippen LogP contribution >= 0.6 is 11.6 Å². The summed E-state index contributed by atoms with van der Waals surface area (Å²) in [7, 11) is -4.49. The largest absolute Gasteiger partial charge is 0.486 e. The van der Waals surface area contributed by atoms with E-state index in [2.05, 4.69) is 4.85 Å². The molecule has 2 N–H and O–H groups in total. The van der Waals surface area contributed by atoms with Crippen LogP contribution in [0.3, 0.4) is 0 Å². The number of benzene rings is 2. The highest BCUT2D eigenvalue weighted by Crippen LogP contribution is 2.37. The van der Waals surface area contributed by atoms with Crippen molar-refractivity contribution >= 4 is 27.3 Å². The van der Waals surface area contributed by atoms with Gasteiger partial charge >= 0.3 is 6.18 Å². The van der Waals surface area contributed by atoms with Crippen LogP contribution < -0.4 is 4.74 Å². The van der Waals surface area contributed by atoms with Gasteiger partial charge in [0.05, 0.1) is 30.3 Å². The molecular formula is C19H15ClF4N2O5S. The third-order valence-electron chi connectivity index (χ3n) is 4.89. The van der Waals surface area contributed by atoms with Crippen molar-refractivity contribution in [1.82, 2.24) is 4.31 Å². The van der Waals surface area contributed by atoms with E-state index < -0.39 is 68.9 Å². The molecule has 0 radical (unpaired) electrons. The first-order valence-electron chi connectivity index (χ1n) is 8.85. The molecule has 1 aliphatic rings. The first-order chi connectivity index (χ1) is 14.8. The summed E-state index contributed by atoms with van der Waals surface area (Å²) in [6.45, 7) is 4.75. The number of ether oxygens (including phenoxy) is 1. The van der Waals surface area contributed by atoms with Crippen LogP contribution in [-0.2, 0) is 16.2 Å². The average Bonchev–Trinajstić information content (AvgIpc) is 3.05. The fourth-order valence-electron chi connectivity index (χ4n) is 3.15. The second-order valence-corrected chi connectivity index (χ2v) is 9.35. The lowest BCUT2D eigenvalue weighted by Gasteiger charge is -2.27. The molecule has 0 amide bonds. The van der Waals surface area contributed by atoms with Crippen molar-refractivity contribution in [3.05, 3.63) is 64.2 Å². The Labute approximate surface area is 185 Å². The first-order valence-corrected chi connectivity index (χ1v) is 10.7. The summed E-state index contributed by atoms with van der Waals surface area (Å²) < 4.78 is 84.5. The number of halogens is 5. The molecule has 0 spiro atoms. The Kier molecular flexibility index (Phi) is 6.43. The summed E-state index contributed by atoms with van der Waals surface area (Å²) in [6.07, 6.45) is -6.08. The lowest BCUT2D eigenvalue weighted by Crippen LogP contribution is -2.48. The predicted octanol–water partition coefficient (Wildman–Crippen LogP) is 3.22. The van der Waals surface area contributed by atoms with Gasteiger partial charge in [-0.1, -0.05) is 11.6 Å². The molecule has 172 valence electrons. The SMILES string of the molecule is [C-]#[N+]c1ccc(O[C@H]2CN(S(=O)(=O)c3ccc(C(F)(F)F)cc3Cl)C[C@@]2(O)CO)cc1F. The zero-order valence-corrected chi connectivity index (χ0v) is 17.5. The van der Waals surface area contributed by atoms with Gasteiger partial charge in [0.25, 0.3) is 0 Å². The number of rotatable bonds is 5. The van der Waals surface area contributed by atoms with Gasteiger partial charge < -0.3 is 14.9 Å². The Balaban J connectivity index is 1.90. The third-order valence-corrected chi connectivity index (χ3v) is 7.18. The molecule has 7 nitrogen and oxygen atoms in total. The fourth-order valence-corrected chi connectivity index (χ4v) is 5.17. The maximum absolute atomic E-state index is 13.8. The van der Waals surface area contributed by atoms with Crippen molar-refractivity contribution in [3.8, 4) is 5.75 Å². The second-order valence-electron chi connectivity index (χ2n) is 7.03. The molecule has 1 heterocycles. The second kappa shape index (κ2) is 8.49. The van der Waals surface area contributed by atoms with Gasteiger partial charge in [-0.25, -0.2) is 17.7 Å². The van der Waals surface area contributed by atoms with Crippen LogP contribution in [-0.4, -0.2) is 54.3 Å². The molecule has 2 aromatic rings. The van der Waals surface area contributed by atoms with Crippen molar-refractivity contribution in [1.29, 1.82) is 0 Å². The van der Waals surface area contributed by atoms with Crippen molar-refractivity contribution in [2.45, 2.75) is 22.8 Å². The molecule has 32 heavy (non-hydrogen) atoms. The minimum absolute atomic E-state index is 0.126. The number of aliphatic hydroxyl groups excluding tert-OH is 1. The van der Waals surface area contributed by atoms with Crippen LogP contribution in [0, 0.1) is 12.4 Å². The van der Waals surface area contributed by atoms with E-state index in [1.54, 1.807) is 0 Å². The van der Waals surface area contributed by atoms with Crippen LogP contribution in [0.5, 0.6) is 5.75 Å². The summed E-state index contributed by atoms with van der Waals surface area (Å²) >= 11 is 5.80. The summed E-state index contributed by atoms with van der Waals surface area (Å²) in [5, 5.41) is 19.6. The third kappa shape index (κ3) is 4.53. The minimum atomic E-state index is -4.73. The van der Waals surface area contributed by atoms with E-state index in [1.807, 2.05) is 0 Å². The summed E-state index contributed by atoms with van der Waals surface area (Å²) in [4.78, 5) is 2.33. The Bertz CT molecular complexity index is 1190. The molecule has 2 atom stereocenters. The molecule has 3 rings (SSSR count). The number of hydrogen-bond acceptors (Lipinski definition) is 5. The quantitative estimate of drug-likeness (QED) is 0.492. The molecule has 13 heteroatoms. The highest BCUT2D eigenvalue weighted by atomic mass is 35.5. The number of β-amino-alcohol motifs (C(OH)–C–C–N with tert-alkyl or cyclic N) is 1. The van der Waals surface area contributed by atoms with Crippen LogP contribution in [0.2, 0.25) is 5.02 Å². The van der Waals surface area contributed by atoms with Crippen LogP contribution in [0.4, 0.5) is 23.2 Å². The Morgan fingerprint density at radius 3 is 2.50 bits per heavy atom. The molecule has 1 aliphatic heterocycles. The van der Waals surface area contributed by atoms with Crippen molar-refractivity contribution in [2.24, 2.45) is 0 Å². The maximum atomic E-state index is 13.8. The van der Waals surface area contributed by atoms with E-state index in [0.29, 0.717) is 22.5 Å². The molecule has 2 aromatic carbocycles. The molecule has 1 fully saturated rings. The number of alkyl halides is 3. The molecule has 0 unspecified atom stereocenters. The van der Waals surface area contributed by atoms with Crippen molar-refractivity contribution in [2.75, 3.05) is 19.7 Å². The van der Waals surface area contributed by atoms with Gasteiger partial charge in [-0.3, -0.25) is 0 Å². The van der Waals surface area contributed by atoms with Gasteiger partial charge in [0.15, 0.2) is 0 Å². The van der Waals surface area contributed by atoms with Crippen molar-refractivity contribution < 1.29 is 40.9 Å². The van der Waals surface area contributed by atoms with Gasteiger partial charge in [-0.05, 0) is 30.3 Å². The molecular weight excluding hydrogens is 480 g/mol. The van der Waals surface area contributed by atoms with E-state index in [4.69, 9.17) is 22.9 Å². The Hall–Kier alpha value is -2.43. The lowest BCUT2D eigenvalue weighted by atomic mass is 10.0. The van der Waals surface area contributed by atoms with E-state index in [9.17, 15) is 36.2 Å². The van der Waals surface area contributed by atoms with Gasteiger partial charge in [0, 0.05) is 12.6 Å². The highest BCUT2D eigenvalue weighted by Gasteiger charge is 2.51. The van der Waals surface area contributed by atoms with Crippen molar-refractivity contribution in [3.63, 3.8) is 0 Å². The first kappa shape index (κ1) is 24.2. The minimum Gasteiger partial charge on any atom is -0.486 e. The zero-order valence-electron chi connectivity index (χ0n) is 16.0. The average molecular weight is 495 g/mol. The van der Waals surface area contributed by atoms with E-state index in [-0.39, 0.29) is 11.4 Å². The topological polar surface area (TPSA) is 91.4 Å². The monoisotopic (exact) mass is 494 g/mol. The lowest BCUT2D eigenvalue weighted by molar-refractivity contribution is -0.137. The summed E-state index contributed by atoms with van der Waals surface area (Å²) in [5.74, 6) is -1.03. The Morgan fingerprint density at radius 2 is 1.97 bits per heavy atom. The van der Waals surface area contributed by atoms with Crippen LogP contribution in [0.15, 0.2) is 41.3 Å². The van der Waals surface area contributed by atoms with Crippen LogP contribution in [0.25, 0.3) is 4.85 Å². The number of sulfonamides is 1. The van der Waals surface area contributed by atoms with Gasteiger partial charge in [-0.15, -0.1) is 0 Å². The number of nitrogens with zero attached hydrogens (tertiary/aromatic N) is 2. The van der Waals surface area contributed by atoms with Crippen LogP contribution in [0.1, 0.15) is 5.56 Å². The normalized spacial score (nSPS) is 22.0. The fraction of sp³-hybridized carbons (Fsp3) is 0.316. The molecule has 0 aliphatic carbocycles. The molecule has 0 aromatic heterocycles. The summed E-state index contributed by atoms with van der Waals surface area (Å²) in [5.41, 5.74) is -3.51. The maximum Gasteiger partial charge on any atom is 0.416 e. The van der Waals surface area contributed by atoms with E-state index in [1.165, 1.54) is 6.07 Å². The van der Waals surface area contributed by atoms with E-state index >= 15 is 0 Å². The number of hydrogen-bond donors (Lipinski definition) is 2. The molecule has 1 saturated heterocycles. The molecule has 0 saturated carbocycles. The molecule has 0 bridgehead atoms. The van der Waals surface area contributed by atoms with E-state index in [0.717, 1.165) is 12.1 Å². The summed E-state index contributed by atoms with van der Waals surface area (Å²) in [6, 6.07) is 4.96. The highest BCUT2D eigenvalue weighted by molar-refractivity contribution is 7.89. The Morgan fingerprint density at radius 1 is 1.28 bits per heavy atom. The van der Waals surface area contributed by atoms with Gasteiger partial charge in [0.1, 0.15) is 28.2 Å². The van der Waals surface area contributed by atoms with Gasteiger partial charge in [0.2, 0.25) is 15.7 Å². The predicted molar refractivity (Wildman–Crippen MR) is 104 cm³/mol.